The van der Waals surface area contributed by atoms with Crippen molar-refractivity contribution < 1.29 is 4.79 Å². The number of carbonyl (C=O) groups is 1. The van der Waals surface area contributed by atoms with E-state index in [4.69, 9.17) is 0 Å². The molecule has 1 atom stereocenters. The highest BCUT2D eigenvalue weighted by atomic mass is 16.2. The molecule has 1 unspecified atom stereocenters. The van der Waals surface area contributed by atoms with Crippen LogP contribution in [0.1, 0.15) is 51.0 Å². The largest absolute Gasteiger partial charge is 0.365 e. The van der Waals surface area contributed by atoms with Gasteiger partial charge in [-0.25, -0.2) is 4.79 Å². The number of aryl methyl sites for hydroxylation is 1. The Bertz CT molecular complexity index is 695. The zero-order valence-electron chi connectivity index (χ0n) is 16.8. The summed E-state index contributed by atoms with van der Waals surface area (Å²) in [6, 6.07) is 9.25. The van der Waals surface area contributed by atoms with Gasteiger partial charge in [0, 0.05) is 36.9 Å². The Labute approximate surface area is 163 Å². The number of amides is 2. The van der Waals surface area contributed by atoms with Crippen molar-refractivity contribution in [3.63, 3.8) is 0 Å². The SMILES string of the molecule is Cc1cccc(N2CCN(C(=O)NC34CC5CC(CC(C5)C3)C4)CC2C)c1. The molecule has 146 valence electrons. The summed E-state index contributed by atoms with van der Waals surface area (Å²) in [4.78, 5) is 17.6. The summed E-state index contributed by atoms with van der Waals surface area (Å²) in [7, 11) is 0. The molecule has 0 aromatic heterocycles. The van der Waals surface area contributed by atoms with Gasteiger partial charge in [0.15, 0.2) is 0 Å². The predicted molar refractivity (Wildman–Crippen MR) is 109 cm³/mol. The highest BCUT2D eigenvalue weighted by molar-refractivity contribution is 5.75. The van der Waals surface area contributed by atoms with Crippen molar-refractivity contribution >= 4 is 11.7 Å². The number of anilines is 1. The van der Waals surface area contributed by atoms with Crippen LogP contribution in [0.5, 0.6) is 0 Å². The minimum atomic E-state index is 0.114. The molecular weight excluding hydrogens is 334 g/mol. The number of nitrogens with one attached hydrogen (secondary N) is 1. The molecule has 1 aliphatic heterocycles. The molecule has 5 aliphatic rings. The molecule has 0 spiro atoms. The van der Waals surface area contributed by atoms with Gasteiger partial charge in [-0.05, 0) is 87.8 Å². The van der Waals surface area contributed by atoms with Crippen molar-refractivity contribution in [2.45, 2.75) is 64.0 Å². The molecule has 1 aromatic carbocycles. The second kappa shape index (κ2) is 6.42. The zero-order chi connectivity index (χ0) is 18.6. The highest BCUT2D eigenvalue weighted by Crippen LogP contribution is 2.55. The minimum Gasteiger partial charge on any atom is -0.365 e. The lowest BCUT2D eigenvalue weighted by molar-refractivity contribution is -0.0159. The lowest BCUT2D eigenvalue weighted by Gasteiger charge is -2.57. The van der Waals surface area contributed by atoms with Gasteiger partial charge in [-0.1, -0.05) is 12.1 Å². The van der Waals surface area contributed by atoms with E-state index in [1.807, 2.05) is 0 Å². The van der Waals surface area contributed by atoms with Crippen LogP contribution in [-0.4, -0.2) is 42.1 Å². The third kappa shape index (κ3) is 3.21. The van der Waals surface area contributed by atoms with Crippen LogP contribution < -0.4 is 10.2 Å². The fourth-order valence-corrected chi connectivity index (χ4v) is 6.90. The van der Waals surface area contributed by atoms with E-state index in [2.05, 4.69) is 53.2 Å². The number of carbonyl (C=O) groups excluding carboxylic acids is 1. The van der Waals surface area contributed by atoms with Crippen LogP contribution in [0.25, 0.3) is 0 Å². The number of nitrogens with zero attached hydrogens (tertiary/aromatic N) is 2. The Morgan fingerprint density at radius 3 is 2.33 bits per heavy atom. The first-order chi connectivity index (χ1) is 13.0. The smallest absolute Gasteiger partial charge is 0.317 e. The molecule has 2 amide bonds. The fourth-order valence-electron chi connectivity index (χ4n) is 6.90. The fraction of sp³-hybridized carbons (Fsp3) is 0.696. The van der Waals surface area contributed by atoms with Crippen molar-refractivity contribution in [1.82, 2.24) is 10.2 Å². The normalized spacial score (nSPS) is 37.6. The molecular formula is C23H33N3O. The number of piperazine rings is 1. The lowest BCUT2D eigenvalue weighted by atomic mass is 9.53. The van der Waals surface area contributed by atoms with Crippen molar-refractivity contribution in [2.24, 2.45) is 17.8 Å². The molecule has 1 aromatic rings. The van der Waals surface area contributed by atoms with Crippen molar-refractivity contribution in [3.8, 4) is 0 Å². The number of hydrogen-bond donors (Lipinski definition) is 1. The summed E-state index contributed by atoms with van der Waals surface area (Å²) in [5.74, 6) is 2.61. The number of hydrogen-bond acceptors (Lipinski definition) is 2. The van der Waals surface area contributed by atoms with Crippen LogP contribution in [0.15, 0.2) is 24.3 Å². The first kappa shape index (κ1) is 17.4. The standard InChI is InChI=1S/C23H33N3O/c1-16-4-3-5-21(8-16)26-7-6-25(15-17(26)2)22(27)24-23-12-18-9-19(13-23)11-20(10-18)14-23/h3-5,8,17-20H,6-7,9-15H2,1-2H3,(H,24,27). The maximum atomic E-state index is 13.1. The Kier molecular flexibility index (Phi) is 4.14. The van der Waals surface area contributed by atoms with Gasteiger partial charge < -0.3 is 15.1 Å². The van der Waals surface area contributed by atoms with Crippen molar-refractivity contribution in [3.05, 3.63) is 29.8 Å². The van der Waals surface area contributed by atoms with Crippen LogP contribution in [0.4, 0.5) is 10.5 Å². The van der Waals surface area contributed by atoms with Crippen LogP contribution in [0, 0.1) is 24.7 Å². The Hall–Kier alpha value is -1.71. The van der Waals surface area contributed by atoms with E-state index in [9.17, 15) is 4.79 Å². The number of urea groups is 1. The van der Waals surface area contributed by atoms with Crippen molar-refractivity contribution in [2.75, 3.05) is 24.5 Å². The number of rotatable bonds is 2. The van der Waals surface area contributed by atoms with E-state index in [1.54, 1.807) is 0 Å². The monoisotopic (exact) mass is 367 g/mol. The third-order valence-electron chi connectivity index (χ3n) is 7.66. The van der Waals surface area contributed by atoms with Gasteiger partial charge in [-0.2, -0.15) is 0 Å². The quantitative estimate of drug-likeness (QED) is 0.851. The summed E-state index contributed by atoms with van der Waals surface area (Å²) in [6.45, 7) is 6.93. The molecule has 0 radical (unpaired) electrons. The van der Waals surface area contributed by atoms with Gasteiger partial charge in [-0.3, -0.25) is 0 Å². The van der Waals surface area contributed by atoms with Crippen LogP contribution in [0.3, 0.4) is 0 Å². The Morgan fingerprint density at radius 2 is 1.74 bits per heavy atom. The molecule has 4 heteroatoms. The lowest BCUT2D eigenvalue weighted by Crippen LogP contribution is -2.64. The molecule has 27 heavy (non-hydrogen) atoms. The molecule has 4 aliphatic carbocycles. The average molecular weight is 368 g/mol. The molecule has 5 fully saturated rings. The summed E-state index contributed by atoms with van der Waals surface area (Å²) < 4.78 is 0. The average Bonchev–Trinajstić information content (AvgIpc) is 2.60. The van der Waals surface area contributed by atoms with Gasteiger partial charge in [0.1, 0.15) is 0 Å². The molecule has 4 nitrogen and oxygen atoms in total. The van der Waals surface area contributed by atoms with E-state index in [-0.39, 0.29) is 11.6 Å². The minimum absolute atomic E-state index is 0.114. The van der Waals surface area contributed by atoms with Gasteiger partial charge >= 0.3 is 6.03 Å². The maximum absolute atomic E-state index is 13.1. The molecule has 6 rings (SSSR count). The topological polar surface area (TPSA) is 35.6 Å². The maximum Gasteiger partial charge on any atom is 0.317 e. The van der Waals surface area contributed by atoms with Crippen molar-refractivity contribution in [1.29, 1.82) is 0 Å². The summed E-state index contributed by atoms with van der Waals surface area (Å²) in [5, 5.41) is 3.55. The Morgan fingerprint density at radius 1 is 1.07 bits per heavy atom. The van der Waals surface area contributed by atoms with E-state index in [0.717, 1.165) is 37.4 Å². The summed E-state index contributed by atoms with van der Waals surface area (Å²) in [6.07, 6.45) is 7.93. The van der Waals surface area contributed by atoms with Gasteiger partial charge in [0.2, 0.25) is 0 Å². The summed E-state index contributed by atoms with van der Waals surface area (Å²) in [5.41, 5.74) is 2.69. The number of benzene rings is 1. The van der Waals surface area contributed by atoms with Crippen LogP contribution in [-0.2, 0) is 0 Å². The van der Waals surface area contributed by atoms with E-state index in [1.165, 1.54) is 49.8 Å². The van der Waals surface area contributed by atoms with E-state index in [0.29, 0.717) is 6.04 Å². The van der Waals surface area contributed by atoms with Gasteiger partial charge in [0.05, 0.1) is 0 Å². The van der Waals surface area contributed by atoms with E-state index >= 15 is 0 Å². The molecule has 1 saturated heterocycles. The third-order valence-corrected chi connectivity index (χ3v) is 7.66. The predicted octanol–water partition coefficient (Wildman–Crippen LogP) is 4.18. The molecule has 1 N–H and O–H groups in total. The highest BCUT2D eigenvalue weighted by Gasteiger charge is 2.52. The second-order valence-electron chi connectivity index (χ2n) is 9.96. The van der Waals surface area contributed by atoms with Crippen LogP contribution >= 0.6 is 0 Å². The molecule has 1 heterocycles. The Balaban J connectivity index is 1.24. The summed E-state index contributed by atoms with van der Waals surface area (Å²) >= 11 is 0. The zero-order valence-corrected chi connectivity index (χ0v) is 16.8. The molecule has 4 saturated carbocycles. The second-order valence-corrected chi connectivity index (χ2v) is 9.96. The molecule has 4 bridgehead atoms. The van der Waals surface area contributed by atoms with Gasteiger partial charge in [0.25, 0.3) is 0 Å². The first-order valence-electron chi connectivity index (χ1n) is 10.9. The van der Waals surface area contributed by atoms with Gasteiger partial charge in [-0.15, -0.1) is 0 Å². The first-order valence-corrected chi connectivity index (χ1v) is 10.9. The van der Waals surface area contributed by atoms with E-state index < -0.39 is 0 Å². The van der Waals surface area contributed by atoms with Crippen LogP contribution in [0.2, 0.25) is 0 Å².